The molecule has 2 rings (SSSR count). The van der Waals surface area contributed by atoms with E-state index >= 15 is 0 Å². The predicted molar refractivity (Wildman–Crippen MR) is 79.7 cm³/mol. The van der Waals surface area contributed by atoms with E-state index in [0.717, 1.165) is 9.16 Å². The highest BCUT2D eigenvalue weighted by Crippen LogP contribution is 2.56. The molecule has 0 radical (unpaired) electrons. The second-order valence-corrected chi connectivity index (χ2v) is 13.8. The molecule has 2 aliphatic heterocycles. The second kappa shape index (κ2) is 6.91. The highest BCUT2D eigenvalue weighted by Gasteiger charge is 2.20. The number of hydrogen-bond acceptors (Lipinski definition) is 7. The van der Waals surface area contributed by atoms with Crippen LogP contribution in [0, 0.1) is 0 Å². The van der Waals surface area contributed by atoms with Gasteiger partial charge < -0.3 is 0 Å². The first-order valence-electron chi connectivity index (χ1n) is 4.00. The van der Waals surface area contributed by atoms with E-state index in [4.69, 9.17) is 0 Å². The Hall–Kier alpha value is 2.45. The summed E-state index contributed by atoms with van der Waals surface area (Å²) in [6.07, 6.45) is 2.83. The summed E-state index contributed by atoms with van der Waals surface area (Å²) >= 11 is 4.19. The minimum atomic E-state index is 0.890. The second-order valence-electron chi connectivity index (χ2n) is 2.57. The van der Waals surface area contributed by atoms with Crippen LogP contribution in [0.4, 0.5) is 0 Å². The van der Waals surface area contributed by atoms with Crippen LogP contribution in [-0.4, -0.2) is 20.7 Å². The van der Waals surface area contributed by atoms with E-state index in [2.05, 4.69) is 23.5 Å². The molecule has 0 aliphatic carbocycles. The first kappa shape index (κ1) is 11.9. The zero-order chi connectivity index (χ0) is 8.93. The fourth-order valence-electron chi connectivity index (χ4n) is 0.711. The maximum absolute atomic E-state index is 2.09. The van der Waals surface area contributed by atoms with Crippen molar-refractivity contribution < 1.29 is 0 Å². The Morgan fingerprint density at radius 3 is 1.54 bits per heavy atom. The van der Waals surface area contributed by atoms with Crippen molar-refractivity contribution in [3.05, 3.63) is 0 Å². The van der Waals surface area contributed by atoms with Crippen LogP contribution in [0.3, 0.4) is 0 Å². The molecule has 13 heavy (non-hydrogen) atoms. The number of hydrogen-bond donors (Lipinski definition) is 0. The van der Waals surface area contributed by atoms with E-state index in [1.54, 1.807) is 0 Å². The Kier molecular flexibility index (Phi) is 6.34. The van der Waals surface area contributed by atoms with Gasteiger partial charge in [0.1, 0.15) is 0 Å². The summed E-state index contributed by atoms with van der Waals surface area (Å²) in [6, 6.07) is 0. The lowest BCUT2D eigenvalue weighted by Gasteiger charge is -2.24. The summed E-state index contributed by atoms with van der Waals surface area (Å²) in [6.45, 7) is 0. The van der Waals surface area contributed by atoms with Crippen molar-refractivity contribution >= 4 is 74.6 Å². The molecule has 2 fully saturated rings. The van der Waals surface area contributed by atoms with Gasteiger partial charge in [0, 0.05) is 0 Å². The third kappa shape index (κ3) is 4.44. The zero-order valence-corrected chi connectivity index (χ0v) is 12.6. The van der Waals surface area contributed by atoms with Crippen molar-refractivity contribution in [3.63, 3.8) is 0 Å². The molecule has 0 aromatic heterocycles. The molecule has 0 amide bonds. The van der Waals surface area contributed by atoms with Crippen LogP contribution in [0.15, 0.2) is 0 Å². The fourth-order valence-corrected chi connectivity index (χ4v) is 14.3. The molecule has 2 atom stereocenters. The number of thioether (sulfide) groups is 2. The Morgan fingerprint density at radius 2 is 1.23 bits per heavy atom. The van der Waals surface area contributed by atoms with E-state index in [0.29, 0.717) is 0 Å². The van der Waals surface area contributed by atoms with Crippen LogP contribution in [0.2, 0.25) is 0 Å². The van der Waals surface area contributed by atoms with E-state index in [9.17, 15) is 0 Å². The van der Waals surface area contributed by atoms with Gasteiger partial charge in [0.25, 0.3) is 0 Å². The van der Waals surface area contributed by atoms with E-state index in [-0.39, 0.29) is 0 Å². The first-order chi connectivity index (χ1) is 6.45. The lowest BCUT2D eigenvalue weighted by atomic mass is 10.5. The summed E-state index contributed by atoms with van der Waals surface area (Å²) in [5.74, 6) is 2.76. The molecule has 0 spiro atoms. The quantitative estimate of drug-likeness (QED) is 0.480. The molecular formula is C6H10S7. The van der Waals surface area contributed by atoms with Crippen molar-refractivity contribution in [2.75, 3.05) is 11.5 Å². The van der Waals surface area contributed by atoms with E-state index < -0.39 is 0 Å². The smallest absolute Gasteiger partial charge is 0.0622 e. The molecule has 0 saturated carbocycles. The van der Waals surface area contributed by atoms with Crippen LogP contribution in [0.1, 0.15) is 12.8 Å². The molecule has 0 nitrogen and oxygen atoms in total. The van der Waals surface area contributed by atoms with Gasteiger partial charge in [0.2, 0.25) is 0 Å². The molecule has 76 valence electrons. The van der Waals surface area contributed by atoms with Crippen LogP contribution < -0.4 is 0 Å². The van der Waals surface area contributed by atoms with Crippen molar-refractivity contribution in [2.24, 2.45) is 0 Å². The largest absolute Gasteiger partial charge is 0.147 e. The van der Waals surface area contributed by atoms with Crippen molar-refractivity contribution in [3.8, 4) is 0 Å². The lowest BCUT2D eigenvalue weighted by molar-refractivity contribution is 1.01. The molecule has 0 aromatic rings. The standard InChI is InChI=1S/C6H10S7/c1-3-7-5(1)9-11-13-12-10-6-2-4-8-6/h5-6H,1-4H2. The van der Waals surface area contributed by atoms with Gasteiger partial charge in [0.05, 0.1) is 9.16 Å². The molecule has 7 heteroatoms. The molecule has 0 aromatic carbocycles. The molecule has 2 aliphatic rings. The minimum Gasteiger partial charge on any atom is -0.147 e. The summed E-state index contributed by atoms with van der Waals surface area (Å²) < 4.78 is 1.78. The first-order valence-corrected chi connectivity index (χ1v) is 12.4. The molecule has 2 heterocycles. The van der Waals surface area contributed by atoms with Crippen LogP contribution in [0.25, 0.3) is 0 Å². The Morgan fingerprint density at radius 1 is 0.769 bits per heavy atom. The van der Waals surface area contributed by atoms with Crippen molar-refractivity contribution in [1.82, 2.24) is 0 Å². The summed E-state index contributed by atoms with van der Waals surface area (Å²) in [4.78, 5) is 0. The molecule has 2 saturated heterocycles. The van der Waals surface area contributed by atoms with Gasteiger partial charge in [-0.3, -0.25) is 0 Å². The minimum absolute atomic E-state index is 0.890. The Bertz CT molecular complexity index is 128. The maximum Gasteiger partial charge on any atom is 0.0622 e. The third-order valence-electron chi connectivity index (χ3n) is 1.66. The van der Waals surface area contributed by atoms with E-state index in [1.165, 1.54) is 24.3 Å². The van der Waals surface area contributed by atoms with Crippen molar-refractivity contribution in [1.29, 1.82) is 0 Å². The average molecular weight is 307 g/mol. The van der Waals surface area contributed by atoms with E-state index in [1.807, 2.05) is 51.1 Å². The van der Waals surface area contributed by atoms with Crippen LogP contribution >= 0.6 is 74.6 Å². The van der Waals surface area contributed by atoms with Gasteiger partial charge in [-0.25, -0.2) is 0 Å². The number of rotatable bonds is 6. The van der Waals surface area contributed by atoms with Crippen molar-refractivity contribution in [2.45, 2.75) is 22.0 Å². The lowest BCUT2D eigenvalue weighted by Crippen LogP contribution is -2.09. The van der Waals surface area contributed by atoms with Gasteiger partial charge in [-0.15, -0.1) is 23.5 Å². The normalized spacial score (nSPS) is 32.3. The fraction of sp³-hybridized carbons (Fsp3) is 1.00. The molecular weight excluding hydrogens is 297 g/mol. The van der Waals surface area contributed by atoms with Crippen LogP contribution in [0.5, 0.6) is 0 Å². The SMILES string of the molecule is C1CC(SSSSSC2CCS2)S1. The average Bonchev–Trinajstić information content (AvgIpc) is 1.96. The molecule has 0 N–H and O–H groups in total. The third-order valence-corrected chi connectivity index (χ3v) is 14.7. The molecule has 0 bridgehead atoms. The summed E-state index contributed by atoms with van der Waals surface area (Å²) in [7, 11) is 9.94. The topological polar surface area (TPSA) is 0 Å². The summed E-state index contributed by atoms with van der Waals surface area (Å²) in [5, 5.41) is 0. The van der Waals surface area contributed by atoms with Gasteiger partial charge in [-0.1, -0.05) is 21.6 Å². The molecule has 2 unspecified atom stereocenters. The van der Waals surface area contributed by atoms with Gasteiger partial charge >= 0.3 is 0 Å². The summed E-state index contributed by atoms with van der Waals surface area (Å²) in [5.41, 5.74) is 0. The highest BCUT2D eigenvalue weighted by molar-refractivity contribution is 9.36. The van der Waals surface area contributed by atoms with Gasteiger partial charge in [-0.05, 0) is 53.8 Å². The maximum atomic E-state index is 2.09. The van der Waals surface area contributed by atoms with Gasteiger partial charge in [0.15, 0.2) is 0 Å². The predicted octanol–water partition coefficient (Wildman–Crippen LogP) is 5.24. The Balaban J connectivity index is 1.36. The van der Waals surface area contributed by atoms with Crippen LogP contribution in [-0.2, 0) is 0 Å². The monoisotopic (exact) mass is 306 g/mol. The zero-order valence-electron chi connectivity index (χ0n) is 6.84. The van der Waals surface area contributed by atoms with Gasteiger partial charge in [-0.2, -0.15) is 0 Å². The Labute approximate surface area is 107 Å². The highest BCUT2D eigenvalue weighted by atomic mass is 33.8.